The minimum absolute atomic E-state index is 0.0165. The first kappa shape index (κ1) is 20.3. The van der Waals surface area contributed by atoms with Crippen LogP contribution in [0.1, 0.15) is 17.3 Å². The Balaban J connectivity index is 1.54. The maximum absolute atomic E-state index is 14.3. The molecule has 0 bridgehead atoms. The van der Waals surface area contributed by atoms with Crippen LogP contribution in [0.2, 0.25) is 0 Å². The first-order valence-corrected chi connectivity index (χ1v) is 9.55. The van der Waals surface area contributed by atoms with Gasteiger partial charge in [0.05, 0.1) is 5.69 Å². The van der Waals surface area contributed by atoms with Gasteiger partial charge in [-0.25, -0.2) is 8.78 Å². The lowest BCUT2D eigenvalue weighted by atomic mass is 10.1. The summed E-state index contributed by atoms with van der Waals surface area (Å²) in [6, 6.07) is 8.77. The SMILES string of the molecule is CC(=O)c1ccc(N2CCN(C(=O)COc3ccc(Br)cc3F)CC2)c(F)c1. The lowest BCUT2D eigenvalue weighted by Crippen LogP contribution is -2.50. The first-order valence-electron chi connectivity index (χ1n) is 8.76. The van der Waals surface area contributed by atoms with E-state index in [0.29, 0.717) is 41.9 Å². The Bertz CT molecular complexity index is 899. The maximum atomic E-state index is 14.3. The molecule has 3 rings (SSSR count). The predicted octanol–water partition coefficient (Wildman–Crippen LogP) is 3.66. The number of ether oxygens (including phenoxy) is 1. The highest BCUT2D eigenvalue weighted by Gasteiger charge is 2.23. The van der Waals surface area contributed by atoms with Crippen molar-refractivity contribution in [3.8, 4) is 5.75 Å². The Labute approximate surface area is 170 Å². The number of piperazine rings is 1. The molecule has 1 aliphatic heterocycles. The molecule has 1 heterocycles. The van der Waals surface area contributed by atoms with E-state index in [0.717, 1.165) is 0 Å². The summed E-state index contributed by atoms with van der Waals surface area (Å²) in [5.74, 6) is -1.43. The van der Waals surface area contributed by atoms with Crippen molar-refractivity contribution >= 4 is 33.3 Å². The Morgan fingerprint density at radius 2 is 1.75 bits per heavy atom. The van der Waals surface area contributed by atoms with Gasteiger partial charge >= 0.3 is 0 Å². The average molecular weight is 453 g/mol. The molecule has 0 N–H and O–H groups in total. The molecule has 0 radical (unpaired) electrons. The third-order valence-corrected chi connectivity index (χ3v) is 5.07. The molecule has 1 aliphatic rings. The number of ketones is 1. The molecule has 0 spiro atoms. The van der Waals surface area contributed by atoms with Gasteiger partial charge < -0.3 is 14.5 Å². The van der Waals surface area contributed by atoms with Crippen LogP contribution in [0.4, 0.5) is 14.5 Å². The molecule has 5 nitrogen and oxygen atoms in total. The second-order valence-corrected chi connectivity index (χ2v) is 7.37. The average Bonchev–Trinajstić information content (AvgIpc) is 2.67. The molecule has 1 amide bonds. The zero-order valence-electron chi connectivity index (χ0n) is 15.3. The first-order chi connectivity index (χ1) is 13.3. The number of hydrogen-bond donors (Lipinski definition) is 0. The van der Waals surface area contributed by atoms with Crippen LogP contribution in [-0.4, -0.2) is 49.4 Å². The van der Waals surface area contributed by atoms with E-state index >= 15 is 0 Å². The van der Waals surface area contributed by atoms with E-state index in [1.165, 1.54) is 25.1 Å². The highest BCUT2D eigenvalue weighted by molar-refractivity contribution is 9.10. The van der Waals surface area contributed by atoms with E-state index in [4.69, 9.17) is 4.74 Å². The van der Waals surface area contributed by atoms with Crippen LogP contribution in [0.3, 0.4) is 0 Å². The summed E-state index contributed by atoms with van der Waals surface area (Å²) in [6.45, 7) is 2.84. The summed E-state index contributed by atoms with van der Waals surface area (Å²) < 4.78 is 33.9. The number of anilines is 1. The minimum Gasteiger partial charge on any atom is -0.481 e. The highest BCUT2D eigenvalue weighted by atomic mass is 79.9. The number of rotatable bonds is 5. The number of benzene rings is 2. The zero-order valence-corrected chi connectivity index (χ0v) is 16.8. The number of halogens is 3. The molecule has 1 saturated heterocycles. The van der Waals surface area contributed by atoms with E-state index < -0.39 is 11.6 Å². The standard InChI is InChI=1S/C20H19BrF2N2O3/c1-13(26)14-2-4-18(16(22)10-14)24-6-8-25(9-7-24)20(27)12-28-19-5-3-15(21)11-17(19)23/h2-5,10-11H,6-9,12H2,1H3. The fourth-order valence-corrected chi connectivity index (χ4v) is 3.34. The summed E-state index contributed by atoms with van der Waals surface area (Å²) in [4.78, 5) is 27.1. The van der Waals surface area contributed by atoms with E-state index in [2.05, 4.69) is 15.9 Å². The van der Waals surface area contributed by atoms with Crippen molar-refractivity contribution in [3.63, 3.8) is 0 Å². The summed E-state index contributed by atoms with van der Waals surface area (Å²) in [5.41, 5.74) is 0.734. The molecule has 1 fully saturated rings. The van der Waals surface area contributed by atoms with Gasteiger partial charge in [0.25, 0.3) is 5.91 Å². The number of amides is 1. The molecule has 0 aliphatic carbocycles. The molecule has 8 heteroatoms. The van der Waals surface area contributed by atoms with Gasteiger partial charge in [0.1, 0.15) is 5.82 Å². The molecule has 2 aromatic carbocycles. The van der Waals surface area contributed by atoms with Gasteiger partial charge in [-0.3, -0.25) is 9.59 Å². The highest BCUT2D eigenvalue weighted by Crippen LogP contribution is 2.23. The van der Waals surface area contributed by atoms with Crippen LogP contribution in [0, 0.1) is 11.6 Å². The summed E-state index contributed by atoms with van der Waals surface area (Å²) in [6.07, 6.45) is 0. The molecule has 148 valence electrons. The third-order valence-electron chi connectivity index (χ3n) is 4.57. The molecule has 28 heavy (non-hydrogen) atoms. The van der Waals surface area contributed by atoms with Crippen molar-refractivity contribution < 1.29 is 23.1 Å². The van der Waals surface area contributed by atoms with Crippen LogP contribution in [-0.2, 0) is 4.79 Å². The molecule has 0 unspecified atom stereocenters. The normalized spacial score (nSPS) is 14.1. The van der Waals surface area contributed by atoms with Crippen molar-refractivity contribution in [2.75, 3.05) is 37.7 Å². The predicted molar refractivity (Wildman–Crippen MR) is 105 cm³/mol. The van der Waals surface area contributed by atoms with Gasteiger partial charge in [-0.2, -0.15) is 0 Å². The Kier molecular flexibility index (Phi) is 6.28. The van der Waals surface area contributed by atoms with E-state index in [1.807, 2.05) is 4.90 Å². The van der Waals surface area contributed by atoms with E-state index in [-0.39, 0.29) is 24.0 Å². The smallest absolute Gasteiger partial charge is 0.260 e. The van der Waals surface area contributed by atoms with Gasteiger partial charge in [-0.05, 0) is 43.3 Å². The van der Waals surface area contributed by atoms with Crippen molar-refractivity contribution in [2.45, 2.75) is 6.92 Å². The van der Waals surface area contributed by atoms with Gasteiger partial charge in [0.2, 0.25) is 0 Å². The van der Waals surface area contributed by atoms with Gasteiger partial charge in [-0.1, -0.05) is 15.9 Å². The maximum Gasteiger partial charge on any atom is 0.260 e. The van der Waals surface area contributed by atoms with Crippen molar-refractivity contribution in [3.05, 3.63) is 58.1 Å². The lowest BCUT2D eigenvalue weighted by molar-refractivity contribution is -0.133. The second kappa shape index (κ2) is 8.68. The van der Waals surface area contributed by atoms with E-state index in [9.17, 15) is 18.4 Å². The molecule has 0 saturated carbocycles. The minimum atomic E-state index is -0.545. The fraction of sp³-hybridized carbons (Fsp3) is 0.300. The number of Topliss-reactive ketones (excluding diaryl/α,β-unsaturated/α-hetero) is 1. The monoisotopic (exact) mass is 452 g/mol. The van der Waals surface area contributed by atoms with Crippen LogP contribution >= 0.6 is 15.9 Å². The van der Waals surface area contributed by atoms with Gasteiger partial charge in [0, 0.05) is 36.2 Å². The van der Waals surface area contributed by atoms with Crippen molar-refractivity contribution in [1.82, 2.24) is 4.90 Å². The topological polar surface area (TPSA) is 49.9 Å². The zero-order chi connectivity index (χ0) is 20.3. The quantitative estimate of drug-likeness (QED) is 0.649. The van der Waals surface area contributed by atoms with Crippen molar-refractivity contribution in [1.29, 1.82) is 0 Å². The van der Waals surface area contributed by atoms with E-state index in [1.54, 1.807) is 23.1 Å². The molecular formula is C20H19BrF2N2O3. The lowest BCUT2D eigenvalue weighted by Gasteiger charge is -2.36. The Hall–Kier alpha value is -2.48. The van der Waals surface area contributed by atoms with Crippen molar-refractivity contribution in [2.24, 2.45) is 0 Å². The molecule has 0 atom stereocenters. The third kappa shape index (κ3) is 4.67. The molecule has 0 aromatic heterocycles. The largest absolute Gasteiger partial charge is 0.481 e. The molecular weight excluding hydrogens is 434 g/mol. The second-order valence-electron chi connectivity index (χ2n) is 6.45. The number of hydrogen-bond acceptors (Lipinski definition) is 4. The summed E-state index contributed by atoms with van der Waals surface area (Å²) in [5, 5.41) is 0. The van der Waals surface area contributed by atoms with Crippen LogP contribution in [0.5, 0.6) is 5.75 Å². The Morgan fingerprint density at radius 1 is 1.04 bits per heavy atom. The Morgan fingerprint density at radius 3 is 2.36 bits per heavy atom. The number of nitrogens with zero attached hydrogens (tertiary/aromatic N) is 2. The van der Waals surface area contributed by atoms with Crippen LogP contribution in [0.15, 0.2) is 40.9 Å². The van der Waals surface area contributed by atoms with Crippen LogP contribution < -0.4 is 9.64 Å². The summed E-state index contributed by atoms with van der Waals surface area (Å²) >= 11 is 3.16. The number of carbonyl (C=O) groups is 2. The van der Waals surface area contributed by atoms with Gasteiger partial charge in [-0.15, -0.1) is 0 Å². The van der Waals surface area contributed by atoms with Crippen LogP contribution in [0.25, 0.3) is 0 Å². The fourth-order valence-electron chi connectivity index (χ4n) is 3.00. The molecule has 2 aromatic rings. The summed E-state index contributed by atoms with van der Waals surface area (Å²) in [7, 11) is 0. The van der Waals surface area contributed by atoms with Gasteiger partial charge in [0.15, 0.2) is 24.0 Å². The number of carbonyl (C=O) groups excluding carboxylic acids is 2.